The minimum atomic E-state index is -0.399. The average Bonchev–Trinajstić information content (AvgIpc) is 3.15. The number of benzene rings is 2. The normalized spacial score (nSPS) is 13.7. The summed E-state index contributed by atoms with van der Waals surface area (Å²) < 4.78 is 5.19. The van der Waals surface area contributed by atoms with E-state index in [0.29, 0.717) is 6.54 Å². The van der Waals surface area contributed by atoms with Crippen molar-refractivity contribution in [3.05, 3.63) is 64.7 Å². The largest absolute Gasteiger partial charge is 0.445 e. The molecule has 0 radical (unpaired) electrons. The monoisotopic (exact) mass is 358 g/mol. The molecular weight excluding hydrogens is 336 g/mol. The van der Waals surface area contributed by atoms with E-state index in [1.807, 2.05) is 36.4 Å². The fourth-order valence-corrected chi connectivity index (χ4v) is 3.33. The third-order valence-electron chi connectivity index (χ3n) is 4.35. The second kappa shape index (κ2) is 8.77. The Labute approximate surface area is 153 Å². The number of carbonyl (C=O) groups excluding carboxylic acids is 1. The Morgan fingerprint density at radius 2 is 1.84 bits per heavy atom. The van der Waals surface area contributed by atoms with Gasteiger partial charge in [-0.15, -0.1) is 0 Å². The molecule has 0 unspecified atom stereocenters. The van der Waals surface area contributed by atoms with Crippen LogP contribution in [0.15, 0.2) is 48.5 Å². The van der Waals surface area contributed by atoms with Gasteiger partial charge in [0.1, 0.15) is 6.61 Å². The van der Waals surface area contributed by atoms with Gasteiger partial charge in [0.15, 0.2) is 0 Å². The Hall–Kier alpha value is -2.20. The van der Waals surface area contributed by atoms with Crippen molar-refractivity contribution in [2.75, 3.05) is 24.5 Å². The number of anilines is 1. The fourth-order valence-electron chi connectivity index (χ4n) is 3.00. The summed E-state index contributed by atoms with van der Waals surface area (Å²) in [5, 5.41) is 3.56. The molecule has 1 heterocycles. The summed E-state index contributed by atoms with van der Waals surface area (Å²) >= 11 is 6.41. The molecule has 0 atom stereocenters. The highest BCUT2D eigenvalue weighted by molar-refractivity contribution is 6.33. The summed E-state index contributed by atoms with van der Waals surface area (Å²) in [5.41, 5.74) is 3.19. The minimum Gasteiger partial charge on any atom is -0.445 e. The van der Waals surface area contributed by atoms with Crippen molar-refractivity contribution in [3.63, 3.8) is 0 Å². The fraction of sp³-hybridized carbons (Fsp3) is 0.350. The van der Waals surface area contributed by atoms with Crippen LogP contribution in [-0.4, -0.2) is 25.7 Å². The Bertz CT molecular complexity index is 700. The lowest BCUT2D eigenvalue weighted by molar-refractivity contribution is 0.140. The molecule has 0 spiro atoms. The lowest BCUT2D eigenvalue weighted by Crippen LogP contribution is -2.26. The van der Waals surface area contributed by atoms with Gasteiger partial charge in [-0.2, -0.15) is 0 Å². The van der Waals surface area contributed by atoms with Crippen LogP contribution in [0.3, 0.4) is 0 Å². The van der Waals surface area contributed by atoms with Gasteiger partial charge in [-0.25, -0.2) is 4.79 Å². The Kier molecular flexibility index (Phi) is 6.18. The lowest BCUT2D eigenvalue weighted by Gasteiger charge is -2.19. The standard InChI is InChI=1S/C20H23ClN2O2/c21-18-14-16(8-9-19(18)23-12-4-5-13-23)10-11-22-20(24)25-15-17-6-2-1-3-7-17/h1-3,6-9,14H,4-5,10-13,15H2,(H,22,24). The molecule has 132 valence electrons. The minimum absolute atomic E-state index is 0.281. The van der Waals surface area contributed by atoms with Crippen LogP contribution < -0.4 is 10.2 Å². The third kappa shape index (κ3) is 5.13. The molecule has 25 heavy (non-hydrogen) atoms. The van der Waals surface area contributed by atoms with Crippen molar-refractivity contribution < 1.29 is 9.53 Å². The number of rotatable bonds is 6. The van der Waals surface area contributed by atoms with Gasteiger partial charge in [-0.3, -0.25) is 0 Å². The zero-order chi connectivity index (χ0) is 17.5. The molecule has 1 fully saturated rings. The topological polar surface area (TPSA) is 41.6 Å². The van der Waals surface area contributed by atoms with Crippen LogP contribution in [0.5, 0.6) is 0 Å². The van der Waals surface area contributed by atoms with E-state index >= 15 is 0 Å². The summed E-state index contributed by atoms with van der Waals surface area (Å²) in [5.74, 6) is 0. The Morgan fingerprint density at radius 3 is 2.56 bits per heavy atom. The van der Waals surface area contributed by atoms with Gasteiger partial charge in [0.25, 0.3) is 0 Å². The van der Waals surface area contributed by atoms with Gasteiger partial charge in [-0.05, 0) is 42.5 Å². The molecule has 1 aliphatic heterocycles. The molecule has 5 heteroatoms. The van der Waals surface area contributed by atoms with Gasteiger partial charge in [-0.1, -0.05) is 48.0 Å². The molecule has 0 bridgehead atoms. The van der Waals surface area contributed by atoms with Crippen LogP contribution >= 0.6 is 11.6 Å². The molecule has 3 rings (SSSR count). The highest BCUT2D eigenvalue weighted by Crippen LogP contribution is 2.29. The summed E-state index contributed by atoms with van der Waals surface area (Å²) in [6.07, 6.45) is 2.78. The van der Waals surface area contributed by atoms with E-state index in [0.717, 1.165) is 41.3 Å². The smallest absolute Gasteiger partial charge is 0.407 e. The van der Waals surface area contributed by atoms with Crippen LogP contribution in [0.4, 0.5) is 10.5 Å². The maximum absolute atomic E-state index is 11.7. The SMILES string of the molecule is O=C(NCCc1ccc(N2CCCC2)c(Cl)c1)OCc1ccccc1. The highest BCUT2D eigenvalue weighted by Gasteiger charge is 2.15. The van der Waals surface area contributed by atoms with Crippen molar-refractivity contribution in [3.8, 4) is 0 Å². The molecule has 1 amide bonds. The van der Waals surface area contributed by atoms with Crippen LogP contribution in [0.25, 0.3) is 0 Å². The first-order valence-electron chi connectivity index (χ1n) is 8.70. The van der Waals surface area contributed by atoms with Crippen LogP contribution in [0.1, 0.15) is 24.0 Å². The van der Waals surface area contributed by atoms with E-state index in [4.69, 9.17) is 16.3 Å². The molecule has 0 aromatic heterocycles. The van der Waals surface area contributed by atoms with Crippen molar-refractivity contribution in [1.29, 1.82) is 0 Å². The molecule has 1 aliphatic rings. The van der Waals surface area contributed by atoms with Gasteiger partial charge in [0.2, 0.25) is 0 Å². The summed E-state index contributed by atoms with van der Waals surface area (Å²) in [4.78, 5) is 14.1. The molecule has 1 saturated heterocycles. The average molecular weight is 359 g/mol. The van der Waals surface area contributed by atoms with Gasteiger partial charge < -0.3 is 15.0 Å². The van der Waals surface area contributed by atoms with E-state index in [2.05, 4.69) is 22.3 Å². The maximum atomic E-state index is 11.7. The zero-order valence-electron chi connectivity index (χ0n) is 14.2. The number of halogens is 1. The highest BCUT2D eigenvalue weighted by atomic mass is 35.5. The van der Waals surface area contributed by atoms with E-state index in [1.54, 1.807) is 0 Å². The second-order valence-corrected chi connectivity index (χ2v) is 6.63. The van der Waals surface area contributed by atoms with E-state index in [9.17, 15) is 4.79 Å². The molecule has 0 saturated carbocycles. The lowest BCUT2D eigenvalue weighted by atomic mass is 10.1. The van der Waals surface area contributed by atoms with Gasteiger partial charge in [0.05, 0.1) is 10.7 Å². The van der Waals surface area contributed by atoms with Crippen LogP contribution in [0, 0.1) is 0 Å². The number of carbonyl (C=O) groups is 1. The Morgan fingerprint density at radius 1 is 1.08 bits per heavy atom. The van der Waals surface area contributed by atoms with Crippen molar-refractivity contribution in [1.82, 2.24) is 5.32 Å². The van der Waals surface area contributed by atoms with Crippen molar-refractivity contribution in [2.45, 2.75) is 25.9 Å². The number of hydrogen-bond acceptors (Lipinski definition) is 3. The molecular formula is C20H23ClN2O2. The maximum Gasteiger partial charge on any atom is 0.407 e. The first kappa shape index (κ1) is 17.6. The first-order valence-corrected chi connectivity index (χ1v) is 9.08. The number of amides is 1. The zero-order valence-corrected chi connectivity index (χ0v) is 15.0. The molecule has 2 aromatic rings. The van der Waals surface area contributed by atoms with Crippen molar-refractivity contribution >= 4 is 23.4 Å². The summed E-state index contributed by atoms with van der Waals surface area (Å²) in [6.45, 7) is 2.96. The van der Waals surface area contributed by atoms with Crippen LogP contribution in [-0.2, 0) is 17.8 Å². The number of nitrogens with zero attached hydrogens (tertiary/aromatic N) is 1. The molecule has 2 aromatic carbocycles. The van der Waals surface area contributed by atoms with Crippen molar-refractivity contribution in [2.24, 2.45) is 0 Å². The second-order valence-electron chi connectivity index (χ2n) is 6.22. The van der Waals surface area contributed by atoms with Crippen LogP contribution in [0.2, 0.25) is 5.02 Å². The number of nitrogens with one attached hydrogen (secondary N) is 1. The predicted octanol–water partition coefficient (Wildman–Crippen LogP) is 4.41. The van der Waals surface area contributed by atoms with E-state index in [-0.39, 0.29) is 6.61 Å². The predicted molar refractivity (Wildman–Crippen MR) is 101 cm³/mol. The van der Waals surface area contributed by atoms with E-state index < -0.39 is 6.09 Å². The molecule has 4 nitrogen and oxygen atoms in total. The third-order valence-corrected chi connectivity index (χ3v) is 4.66. The van der Waals surface area contributed by atoms with Gasteiger partial charge in [0, 0.05) is 19.6 Å². The van der Waals surface area contributed by atoms with Gasteiger partial charge >= 0.3 is 6.09 Å². The molecule has 1 N–H and O–H groups in total. The summed E-state index contributed by atoms with van der Waals surface area (Å²) in [7, 11) is 0. The first-order chi connectivity index (χ1) is 12.2. The number of hydrogen-bond donors (Lipinski definition) is 1. The molecule has 0 aliphatic carbocycles. The number of ether oxygens (including phenoxy) is 1. The van der Waals surface area contributed by atoms with E-state index in [1.165, 1.54) is 12.8 Å². The number of alkyl carbamates (subject to hydrolysis) is 1. The Balaban J connectivity index is 1.42. The summed E-state index contributed by atoms with van der Waals surface area (Å²) in [6, 6.07) is 15.8. The quantitative estimate of drug-likeness (QED) is 0.831.